The van der Waals surface area contributed by atoms with E-state index in [1.165, 1.54) is 12.8 Å². The maximum Gasteiger partial charge on any atom is 0.136 e. The number of hydrogen-bond donors (Lipinski definition) is 3. The standard InChI is InChI=1S/C14H24N4O/c1-4-14(3,9-19)18-12-8-11(15-5-2)16-13(17-12)10-6-7-10/h8,10,19H,4-7,9H2,1-3H3,(H2,15,16,17,18). The van der Waals surface area contributed by atoms with E-state index >= 15 is 0 Å². The highest BCUT2D eigenvalue weighted by molar-refractivity contribution is 5.49. The van der Waals surface area contributed by atoms with Crippen molar-refractivity contribution >= 4 is 11.6 Å². The normalized spacial score (nSPS) is 17.9. The van der Waals surface area contributed by atoms with Gasteiger partial charge in [0.1, 0.15) is 17.5 Å². The van der Waals surface area contributed by atoms with E-state index < -0.39 is 0 Å². The fraction of sp³-hybridized carbons (Fsp3) is 0.714. The van der Waals surface area contributed by atoms with Crippen molar-refractivity contribution in [2.45, 2.75) is 51.5 Å². The Morgan fingerprint density at radius 3 is 2.53 bits per heavy atom. The van der Waals surface area contributed by atoms with Crippen LogP contribution < -0.4 is 10.6 Å². The molecule has 1 fully saturated rings. The molecular formula is C14H24N4O. The van der Waals surface area contributed by atoms with Gasteiger partial charge in [-0.3, -0.25) is 0 Å². The first-order valence-electron chi connectivity index (χ1n) is 7.12. The lowest BCUT2D eigenvalue weighted by molar-refractivity contribution is 0.218. The summed E-state index contributed by atoms with van der Waals surface area (Å²) in [4.78, 5) is 9.13. The average molecular weight is 264 g/mol. The Morgan fingerprint density at radius 1 is 1.32 bits per heavy atom. The van der Waals surface area contributed by atoms with E-state index in [0.717, 1.165) is 30.4 Å². The molecule has 1 unspecified atom stereocenters. The van der Waals surface area contributed by atoms with Gasteiger partial charge in [0.2, 0.25) is 0 Å². The van der Waals surface area contributed by atoms with Crippen LogP contribution in [0.15, 0.2) is 6.07 Å². The number of anilines is 2. The number of nitrogens with one attached hydrogen (secondary N) is 2. The van der Waals surface area contributed by atoms with E-state index in [9.17, 15) is 5.11 Å². The van der Waals surface area contributed by atoms with Crippen LogP contribution >= 0.6 is 0 Å². The van der Waals surface area contributed by atoms with Gasteiger partial charge in [0, 0.05) is 18.5 Å². The average Bonchev–Trinajstić information content (AvgIpc) is 3.23. The Kier molecular flexibility index (Phi) is 4.24. The maximum absolute atomic E-state index is 9.49. The molecule has 5 heteroatoms. The molecular weight excluding hydrogens is 240 g/mol. The Bertz CT molecular complexity index is 427. The zero-order valence-corrected chi connectivity index (χ0v) is 12.0. The summed E-state index contributed by atoms with van der Waals surface area (Å²) in [6.45, 7) is 7.03. The molecule has 1 atom stereocenters. The van der Waals surface area contributed by atoms with E-state index in [1.54, 1.807) is 0 Å². The lowest BCUT2D eigenvalue weighted by Gasteiger charge is -2.28. The number of rotatable bonds is 7. The van der Waals surface area contributed by atoms with E-state index in [4.69, 9.17) is 0 Å². The second kappa shape index (κ2) is 5.74. The van der Waals surface area contributed by atoms with Crippen LogP contribution in [0.1, 0.15) is 51.8 Å². The summed E-state index contributed by atoms with van der Waals surface area (Å²) < 4.78 is 0. The fourth-order valence-electron chi connectivity index (χ4n) is 1.87. The van der Waals surface area contributed by atoms with Crippen molar-refractivity contribution in [3.63, 3.8) is 0 Å². The molecule has 0 radical (unpaired) electrons. The number of aliphatic hydroxyl groups excluding tert-OH is 1. The maximum atomic E-state index is 9.49. The van der Waals surface area contributed by atoms with Crippen LogP contribution in [0.5, 0.6) is 0 Å². The second-order valence-corrected chi connectivity index (χ2v) is 5.50. The summed E-state index contributed by atoms with van der Waals surface area (Å²) >= 11 is 0. The van der Waals surface area contributed by atoms with Crippen LogP contribution in [-0.4, -0.2) is 33.8 Å². The molecule has 1 aromatic heterocycles. The number of aliphatic hydroxyl groups is 1. The van der Waals surface area contributed by atoms with Gasteiger partial charge in [-0.05, 0) is 33.1 Å². The number of aromatic nitrogens is 2. The molecule has 0 aliphatic heterocycles. The molecule has 0 aromatic carbocycles. The molecule has 0 spiro atoms. The minimum absolute atomic E-state index is 0.0861. The van der Waals surface area contributed by atoms with Crippen LogP contribution in [0.2, 0.25) is 0 Å². The number of hydrogen-bond acceptors (Lipinski definition) is 5. The zero-order valence-electron chi connectivity index (χ0n) is 12.0. The van der Waals surface area contributed by atoms with Crippen molar-refractivity contribution in [2.75, 3.05) is 23.8 Å². The van der Waals surface area contributed by atoms with Crippen molar-refractivity contribution < 1.29 is 5.11 Å². The van der Waals surface area contributed by atoms with E-state index in [-0.39, 0.29) is 12.1 Å². The molecule has 1 heterocycles. The van der Waals surface area contributed by atoms with Gasteiger partial charge in [0.05, 0.1) is 12.1 Å². The molecule has 0 amide bonds. The molecule has 5 nitrogen and oxygen atoms in total. The molecule has 1 aliphatic carbocycles. The Morgan fingerprint density at radius 2 is 2.00 bits per heavy atom. The van der Waals surface area contributed by atoms with E-state index in [0.29, 0.717) is 5.92 Å². The summed E-state index contributed by atoms with van der Waals surface area (Å²) in [7, 11) is 0. The van der Waals surface area contributed by atoms with Gasteiger partial charge < -0.3 is 15.7 Å². The molecule has 1 aliphatic rings. The quantitative estimate of drug-likeness (QED) is 0.705. The van der Waals surface area contributed by atoms with E-state index in [2.05, 4.69) is 34.4 Å². The topological polar surface area (TPSA) is 70.1 Å². The highest BCUT2D eigenvalue weighted by Gasteiger charge is 2.28. The lowest BCUT2D eigenvalue weighted by atomic mass is 10.0. The van der Waals surface area contributed by atoms with Gasteiger partial charge in [0.15, 0.2) is 0 Å². The van der Waals surface area contributed by atoms with Crippen molar-refractivity contribution in [1.29, 1.82) is 0 Å². The highest BCUT2D eigenvalue weighted by Crippen LogP contribution is 2.39. The molecule has 3 N–H and O–H groups in total. The molecule has 1 aromatic rings. The van der Waals surface area contributed by atoms with Gasteiger partial charge in [-0.15, -0.1) is 0 Å². The third kappa shape index (κ3) is 3.56. The number of nitrogens with zero attached hydrogens (tertiary/aromatic N) is 2. The highest BCUT2D eigenvalue weighted by atomic mass is 16.3. The van der Waals surface area contributed by atoms with Crippen LogP contribution in [-0.2, 0) is 0 Å². The molecule has 19 heavy (non-hydrogen) atoms. The Balaban J connectivity index is 2.22. The van der Waals surface area contributed by atoms with Gasteiger partial charge >= 0.3 is 0 Å². The monoisotopic (exact) mass is 264 g/mol. The first-order chi connectivity index (χ1) is 9.10. The summed E-state index contributed by atoms with van der Waals surface area (Å²) in [5, 5.41) is 16.1. The summed E-state index contributed by atoms with van der Waals surface area (Å²) in [5.74, 6) is 3.09. The van der Waals surface area contributed by atoms with Crippen molar-refractivity contribution in [2.24, 2.45) is 0 Å². The summed E-state index contributed by atoms with van der Waals surface area (Å²) in [6, 6.07) is 1.92. The van der Waals surface area contributed by atoms with Crippen molar-refractivity contribution in [3.05, 3.63) is 11.9 Å². The van der Waals surface area contributed by atoms with Crippen LogP contribution in [0, 0.1) is 0 Å². The fourth-order valence-corrected chi connectivity index (χ4v) is 1.87. The van der Waals surface area contributed by atoms with E-state index in [1.807, 2.05) is 13.0 Å². The van der Waals surface area contributed by atoms with Crippen molar-refractivity contribution in [1.82, 2.24) is 9.97 Å². The lowest BCUT2D eigenvalue weighted by Crippen LogP contribution is -2.38. The van der Waals surface area contributed by atoms with Gasteiger partial charge in [-0.2, -0.15) is 0 Å². The SMILES string of the molecule is CCNc1cc(NC(C)(CC)CO)nc(C2CC2)n1. The molecule has 2 rings (SSSR count). The smallest absolute Gasteiger partial charge is 0.136 e. The van der Waals surface area contributed by atoms with Crippen LogP contribution in [0.3, 0.4) is 0 Å². The first-order valence-corrected chi connectivity index (χ1v) is 7.12. The van der Waals surface area contributed by atoms with Gasteiger partial charge in [-0.1, -0.05) is 6.92 Å². The predicted molar refractivity (Wildman–Crippen MR) is 77.6 cm³/mol. The first kappa shape index (κ1) is 14.1. The third-order valence-electron chi connectivity index (χ3n) is 3.60. The minimum atomic E-state index is -0.335. The summed E-state index contributed by atoms with van der Waals surface area (Å²) in [5.41, 5.74) is -0.335. The van der Waals surface area contributed by atoms with Crippen LogP contribution in [0.25, 0.3) is 0 Å². The molecule has 0 bridgehead atoms. The largest absolute Gasteiger partial charge is 0.394 e. The Hall–Kier alpha value is -1.36. The summed E-state index contributed by atoms with van der Waals surface area (Å²) in [6.07, 6.45) is 3.20. The third-order valence-corrected chi connectivity index (χ3v) is 3.60. The predicted octanol–water partition coefficient (Wildman–Crippen LogP) is 2.36. The minimum Gasteiger partial charge on any atom is -0.394 e. The molecule has 0 saturated heterocycles. The Labute approximate surface area is 114 Å². The van der Waals surface area contributed by atoms with Gasteiger partial charge in [-0.25, -0.2) is 9.97 Å². The van der Waals surface area contributed by atoms with Crippen molar-refractivity contribution in [3.8, 4) is 0 Å². The zero-order chi connectivity index (χ0) is 13.9. The van der Waals surface area contributed by atoms with Gasteiger partial charge in [0.25, 0.3) is 0 Å². The molecule has 106 valence electrons. The second-order valence-electron chi connectivity index (χ2n) is 5.50. The molecule has 1 saturated carbocycles. The van der Waals surface area contributed by atoms with Crippen LogP contribution in [0.4, 0.5) is 11.6 Å².